The molecule has 0 fully saturated rings. The maximum absolute atomic E-state index is 12.9. The van der Waals surface area contributed by atoms with Crippen LogP contribution in [0.3, 0.4) is 0 Å². The highest BCUT2D eigenvalue weighted by Crippen LogP contribution is 2.18. The van der Waals surface area contributed by atoms with Crippen molar-refractivity contribution in [2.75, 3.05) is 26.2 Å². The molecule has 328 valence electrons. The van der Waals surface area contributed by atoms with E-state index in [1.807, 2.05) is 34.9 Å². The number of hydrogen-bond acceptors (Lipinski definition) is 13. The minimum Gasteiger partial charge on any atom is -0.481 e. The van der Waals surface area contributed by atoms with E-state index < -0.39 is 147 Å². The third-order valence-corrected chi connectivity index (χ3v) is 8.37. The number of aromatic amines is 1. The molecule has 60 heavy (non-hydrogen) atoms. The highest BCUT2D eigenvalue weighted by atomic mass is 16.4. The SMILES string of the molecule is C[C@H](NC(=O)[C@H](CC(=O)O)NC(=O)CNC(=O)CNC(=O)[C@@H](C)NC(=O)[C@@H](N)Cc1c[nH]c2ccccc12)C(=O)N[C@@H](CO)C(=O)NCC(=O)N[C@@H](CCC(=O)O)C(=O)O. The number of carbonyl (C=O) groups is 11. The fourth-order valence-electron chi connectivity index (χ4n) is 5.14. The lowest BCUT2D eigenvalue weighted by atomic mass is 10.0. The van der Waals surface area contributed by atoms with E-state index >= 15 is 0 Å². The first-order chi connectivity index (χ1) is 28.2. The van der Waals surface area contributed by atoms with Crippen LogP contribution >= 0.6 is 0 Å². The first-order valence-corrected chi connectivity index (χ1v) is 18.1. The predicted octanol–water partition coefficient (Wildman–Crippen LogP) is -5.73. The van der Waals surface area contributed by atoms with Crippen LogP contribution in [-0.4, -0.2) is 153 Å². The zero-order valence-electron chi connectivity index (χ0n) is 32.4. The Balaban J connectivity index is 1.80. The molecule has 0 spiro atoms. The fourth-order valence-corrected chi connectivity index (χ4v) is 5.14. The van der Waals surface area contributed by atoms with Gasteiger partial charge in [-0.05, 0) is 38.3 Å². The normalized spacial score (nSPS) is 13.7. The largest absolute Gasteiger partial charge is 0.481 e. The second-order valence-electron chi connectivity index (χ2n) is 13.2. The number of hydrogen-bond donors (Lipinski definition) is 14. The van der Waals surface area contributed by atoms with Crippen molar-refractivity contribution in [2.45, 2.75) is 75.8 Å². The molecule has 1 aromatic heterocycles. The Morgan fingerprint density at radius 1 is 0.633 bits per heavy atom. The number of rotatable bonds is 25. The maximum Gasteiger partial charge on any atom is 0.326 e. The number of aliphatic hydroxyl groups is 1. The molecule has 1 aromatic carbocycles. The van der Waals surface area contributed by atoms with Gasteiger partial charge in [-0.25, -0.2) is 4.79 Å². The monoisotopic (exact) mass is 848 g/mol. The second-order valence-corrected chi connectivity index (χ2v) is 13.2. The molecule has 25 nitrogen and oxygen atoms in total. The molecule has 0 radical (unpaired) electrons. The van der Waals surface area contributed by atoms with Gasteiger partial charge in [0.15, 0.2) is 0 Å². The number of nitrogens with one attached hydrogen (secondary N) is 9. The van der Waals surface area contributed by atoms with Crippen molar-refractivity contribution < 1.29 is 73.2 Å². The summed E-state index contributed by atoms with van der Waals surface area (Å²) < 4.78 is 0. The van der Waals surface area contributed by atoms with E-state index in [0.717, 1.165) is 23.4 Å². The lowest BCUT2D eigenvalue weighted by molar-refractivity contribution is -0.143. The van der Waals surface area contributed by atoms with Crippen molar-refractivity contribution in [3.05, 3.63) is 36.0 Å². The van der Waals surface area contributed by atoms with Crippen LogP contribution < -0.4 is 48.3 Å². The number of aromatic nitrogens is 1. The Kier molecular flexibility index (Phi) is 19.5. The second kappa shape index (κ2) is 23.9. The van der Waals surface area contributed by atoms with Gasteiger partial charge in [0.05, 0.1) is 38.7 Å². The number of aliphatic carboxylic acids is 3. The van der Waals surface area contributed by atoms with Gasteiger partial charge in [-0.15, -0.1) is 0 Å². The standard InChI is InChI=1S/C35H48N10O15/c1-16(41-32(56)20(36)9-18-11-37-21-6-4-3-5-19(18)21)30(54)39-12-25(47)38-13-26(48)44-23(10-29(52)53)34(58)42-17(2)31(55)45-24(15-46)33(57)40-14-27(49)43-22(35(59)60)7-8-28(50)51/h3-6,11,16-17,20,22-24,37,46H,7-10,12-15,36H2,1-2H3,(H,38,47)(H,39,54)(H,40,57)(H,41,56)(H,42,58)(H,43,49)(H,44,48)(H,45,55)(H,50,51)(H,52,53)(H,59,60)/t16-,17+,20+,22+,23+,24+/m1/s1. The number of carboxylic acid groups (broad SMARTS) is 3. The van der Waals surface area contributed by atoms with Crippen LogP contribution in [0.5, 0.6) is 0 Å². The minimum atomic E-state index is -1.78. The lowest BCUT2D eigenvalue weighted by Gasteiger charge is -2.22. The van der Waals surface area contributed by atoms with Crippen molar-refractivity contribution in [3.63, 3.8) is 0 Å². The summed E-state index contributed by atoms with van der Waals surface area (Å²) in [7, 11) is 0. The van der Waals surface area contributed by atoms with Crippen molar-refractivity contribution in [1.82, 2.24) is 47.5 Å². The van der Waals surface area contributed by atoms with Crippen molar-refractivity contribution in [2.24, 2.45) is 5.73 Å². The molecule has 1 heterocycles. The van der Waals surface area contributed by atoms with Crippen LogP contribution in [0, 0.1) is 0 Å². The number of para-hydroxylation sites is 1. The quantitative estimate of drug-likeness (QED) is 0.0443. The van der Waals surface area contributed by atoms with Gasteiger partial charge in [0, 0.05) is 23.5 Å². The van der Waals surface area contributed by atoms with Gasteiger partial charge in [-0.1, -0.05) is 18.2 Å². The summed E-state index contributed by atoms with van der Waals surface area (Å²) in [5, 5.41) is 54.9. The molecule has 2 rings (SSSR count). The Morgan fingerprint density at radius 3 is 1.82 bits per heavy atom. The van der Waals surface area contributed by atoms with E-state index in [4.69, 9.17) is 15.9 Å². The molecule has 8 amide bonds. The molecular formula is C35H48N10O15. The number of carboxylic acids is 3. The zero-order chi connectivity index (χ0) is 45.1. The highest BCUT2D eigenvalue weighted by molar-refractivity contribution is 5.97. The minimum absolute atomic E-state index is 0.177. The summed E-state index contributed by atoms with van der Waals surface area (Å²) in [6.45, 7) is -0.802. The van der Waals surface area contributed by atoms with E-state index in [2.05, 4.69) is 36.9 Å². The average Bonchev–Trinajstić information content (AvgIpc) is 3.60. The van der Waals surface area contributed by atoms with Crippen LogP contribution in [0.2, 0.25) is 0 Å². The number of amides is 8. The molecule has 0 aliphatic rings. The van der Waals surface area contributed by atoms with E-state index in [-0.39, 0.29) is 6.42 Å². The Bertz CT molecular complexity index is 1940. The maximum atomic E-state index is 12.9. The van der Waals surface area contributed by atoms with E-state index in [1.54, 1.807) is 6.20 Å². The van der Waals surface area contributed by atoms with Gasteiger partial charge in [0.1, 0.15) is 30.2 Å². The van der Waals surface area contributed by atoms with E-state index in [1.165, 1.54) is 6.92 Å². The summed E-state index contributed by atoms with van der Waals surface area (Å²) >= 11 is 0. The third kappa shape index (κ3) is 16.8. The molecular weight excluding hydrogens is 800 g/mol. The molecule has 0 aliphatic heterocycles. The molecule has 0 saturated carbocycles. The number of benzene rings is 1. The first-order valence-electron chi connectivity index (χ1n) is 18.1. The Hall–Kier alpha value is -7.15. The number of fused-ring (bicyclic) bond motifs is 1. The third-order valence-electron chi connectivity index (χ3n) is 8.37. The Morgan fingerprint density at radius 2 is 1.20 bits per heavy atom. The molecule has 25 heteroatoms. The van der Waals surface area contributed by atoms with Crippen LogP contribution in [-0.2, 0) is 59.2 Å². The van der Waals surface area contributed by atoms with Crippen LogP contribution in [0.1, 0.15) is 38.7 Å². The topological polar surface area (TPSA) is 407 Å². The van der Waals surface area contributed by atoms with E-state index in [9.17, 15) is 63.0 Å². The average molecular weight is 849 g/mol. The molecule has 2 aromatic rings. The summed E-state index contributed by atoms with van der Waals surface area (Å²) in [6, 6.07) is -1.25. The number of nitrogens with two attached hydrogens (primary N) is 1. The lowest BCUT2D eigenvalue weighted by Crippen LogP contribution is -2.58. The molecule has 0 aliphatic carbocycles. The number of H-pyrrole nitrogens is 1. The predicted molar refractivity (Wildman–Crippen MR) is 204 cm³/mol. The molecule has 0 saturated heterocycles. The summed E-state index contributed by atoms with van der Waals surface area (Å²) in [5.74, 6) is -12.1. The van der Waals surface area contributed by atoms with Crippen LogP contribution in [0.25, 0.3) is 10.9 Å². The summed E-state index contributed by atoms with van der Waals surface area (Å²) in [6.07, 6.45) is -0.0949. The number of carbonyl (C=O) groups excluding carboxylic acids is 8. The highest BCUT2D eigenvalue weighted by Gasteiger charge is 2.29. The van der Waals surface area contributed by atoms with Gasteiger partial charge in [0.2, 0.25) is 47.3 Å². The van der Waals surface area contributed by atoms with Crippen molar-refractivity contribution in [1.29, 1.82) is 0 Å². The van der Waals surface area contributed by atoms with Gasteiger partial charge >= 0.3 is 17.9 Å². The van der Waals surface area contributed by atoms with E-state index in [0.29, 0.717) is 0 Å². The summed E-state index contributed by atoms with van der Waals surface area (Å²) in [5.41, 5.74) is 7.70. The molecule has 0 unspecified atom stereocenters. The van der Waals surface area contributed by atoms with Crippen molar-refractivity contribution >= 4 is 76.1 Å². The van der Waals surface area contributed by atoms with Gasteiger partial charge in [-0.2, -0.15) is 0 Å². The summed E-state index contributed by atoms with van der Waals surface area (Å²) in [4.78, 5) is 137. The molecule has 0 bridgehead atoms. The van der Waals surface area contributed by atoms with Gasteiger partial charge in [-0.3, -0.25) is 47.9 Å². The van der Waals surface area contributed by atoms with Gasteiger partial charge in [0.25, 0.3) is 0 Å². The Labute approximate surface area is 340 Å². The first kappa shape index (κ1) is 49.0. The zero-order valence-corrected chi connectivity index (χ0v) is 32.4. The number of aliphatic hydroxyl groups excluding tert-OH is 1. The molecule has 6 atom stereocenters. The molecule has 15 N–H and O–H groups in total. The van der Waals surface area contributed by atoms with Crippen molar-refractivity contribution in [3.8, 4) is 0 Å². The van der Waals surface area contributed by atoms with Crippen LogP contribution in [0.4, 0.5) is 0 Å². The smallest absolute Gasteiger partial charge is 0.326 e. The van der Waals surface area contributed by atoms with Crippen LogP contribution in [0.15, 0.2) is 30.5 Å². The van der Waals surface area contributed by atoms with Gasteiger partial charge < -0.3 is 73.7 Å². The fraction of sp³-hybridized carbons (Fsp3) is 0.457.